The molecular weight excluding hydrogens is 214 g/mol. The highest BCUT2D eigenvalue weighted by Crippen LogP contribution is 2.18. The summed E-state index contributed by atoms with van der Waals surface area (Å²) in [6.07, 6.45) is 5.18. The van der Waals surface area contributed by atoms with Crippen molar-refractivity contribution in [2.75, 3.05) is 20.3 Å². The van der Waals surface area contributed by atoms with Crippen LogP contribution in [0.2, 0.25) is 0 Å². The fourth-order valence-corrected chi connectivity index (χ4v) is 2.07. The summed E-state index contributed by atoms with van der Waals surface area (Å²) in [6, 6.07) is 2.51. The fourth-order valence-electron chi connectivity index (χ4n) is 2.07. The van der Waals surface area contributed by atoms with E-state index in [2.05, 4.69) is 35.0 Å². The summed E-state index contributed by atoms with van der Waals surface area (Å²) < 4.78 is 7.23. The zero-order valence-electron chi connectivity index (χ0n) is 11.3. The molecular formula is C13H25N3O. The molecule has 1 aromatic rings. The van der Waals surface area contributed by atoms with E-state index in [1.165, 1.54) is 5.69 Å². The Hall–Kier alpha value is -0.870. The molecule has 0 fully saturated rings. The zero-order valence-corrected chi connectivity index (χ0v) is 11.3. The lowest BCUT2D eigenvalue weighted by Gasteiger charge is -2.19. The molecule has 0 aromatic carbocycles. The standard InChI is InChI=1S/C13H25N3O/c1-4-10-16-13(8-9-15-16)12(14-5-2)7-6-11-17-3/h8-9,12,14H,4-7,10-11H2,1-3H3. The molecule has 0 saturated carbocycles. The van der Waals surface area contributed by atoms with E-state index < -0.39 is 0 Å². The average molecular weight is 239 g/mol. The van der Waals surface area contributed by atoms with Crippen molar-refractivity contribution in [2.45, 2.75) is 45.7 Å². The smallest absolute Gasteiger partial charge is 0.0553 e. The molecule has 0 saturated heterocycles. The molecule has 0 bridgehead atoms. The van der Waals surface area contributed by atoms with Crippen LogP contribution >= 0.6 is 0 Å². The van der Waals surface area contributed by atoms with Gasteiger partial charge in [0, 0.05) is 32.5 Å². The van der Waals surface area contributed by atoms with Crippen LogP contribution in [0.5, 0.6) is 0 Å². The molecule has 1 aromatic heterocycles. The summed E-state index contributed by atoms with van der Waals surface area (Å²) >= 11 is 0. The minimum absolute atomic E-state index is 0.393. The molecule has 0 aliphatic heterocycles. The maximum absolute atomic E-state index is 5.12. The van der Waals surface area contributed by atoms with Crippen LogP contribution in [-0.4, -0.2) is 30.0 Å². The van der Waals surface area contributed by atoms with Crippen molar-refractivity contribution < 1.29 is 4.74 Å². The lowest BCUT2D eigenvalue weighted by atomic mass is 10.1. The van der Waals surface area contributed by atoms with Gasteiger partial charge in [-0.1, -0.05) is 13.8 Å². The minimum atomic E-state index is 0.393. The van der Waals surface area contributed by atoms with E-state index >= 15 is 0 Å². The van der Waals surface area contributed by atoms with Gasteiger partial charge in [-0.3, -0.25) is 4.68 Å². The highest BCUT2D eigenvalue weighted by molar-refractivity contribution is 5.07. The second-order valence-corrected chi connectivity index (χ2v) is 4.22. The summed E-state index contributed by atoms with van der Waals surface area (Å²) in [5.41, 5.74) is 1.30. The molecule has 0 radical (unpaired) electrons. The SMILES string of the molecule is CCCn1nccc1C(CCCOC)NCC. The van der Waals surface area contributed by atoms with Gasteiger partial charge in [0.25, 0.3) is 0 Å². The molecule has 0 aliphatic rings. The lowest BCUT2D eigenvalue weighted by molar-refractivity contribution is 0.188. The molecule has 1 N–H and O–H groups in total. The number of aromatic nitrogens is 2. The lowest BCUT2D eigenvalue weighted by Crippen LogP contribution is -2.24. The van der Waals surface area contributed by atoms with Gasteiger partial charge in [0.2, 0.25) is 0 Å². The van der Waals surface area contributed by atoms with Crippen LogP contribution in [0.15, 0.2) is 12.3 Å². The Bertz CT molecular complexity index is 299. The molecule has 0 aliphatic carbocycles. The predicted molar refractivity (Wildman–Crippen MR) is 70.0 cm³/mol. The zero-order chi connectivity index (χ0) is 12.5. The predicted octanol–water partition coefficient (Wildman–Crippen LogP) is 2.37. The first-order valence-corrected chi connectivity index (χ1v) is 6.57. The monoisotopic (exact) mass is 239 g/mol. The summed E-state index contributed by atoms with van der Waals surface area (Å²) in [7, 11) is 1.75. The second-order valence-electron chi connectivity index (χ2n) is 4.22. The summed E-state index contributed by atoms with van der Waals surface area (Å²) in [5.74, 6) is 0. The van der Waals surface area contributed by atoms with Crippen molar-refractivity contribution in [1.82, 2.24) is 15.1 Å². The van der Waals surface area contributed by atoms with E-state index in [0.29, 0.717) is 6.04 Å². The van der Waals surface area contributed by atoms with Crippen LogP contribution in [0, 0.1) is 0 Å². The second kappa shape index (κ2) is 8.25. The van der Waals surface area contributed by atoms with E-state index in [-0.39, 0.29) is 0 Å². The number of nitrogens with zero attached hydrogens (tertiary/aromatic N) is 2. The third kappa shape index (κ3) is 4.48. The third-order valence-corrected chi connectivity index (χ3v) is 2.83. The van der Waals surface area contributed by atoms with Crippen LogP contribution < -0.4 is 5.32 Å². The van der Waals surface area contributed by atoms with Gasteiger partial charge in [0.05, 0.1) is 5.69 Å². The molecule has 0 spiro atoms. The topological polar surface area (TPSA) is 39.1 Å². The number of nitrogens with one attached hydrogen (secondary N) is 1. The first kappa shape index (κ1) is 14.2. The molecule has 1 unspecified atom stereocenters. The molecule has 17 heavy (non-hydrogen) atoms. The number of hydrogen-bond acceptors (Lipinski definition) is 3. The van der Waals surface area contributed by atoms with Crippen molar-refractivity contribution >= 4 is 0 Å². The van der Waals surface area contributed by atoms with E-state index in [0.717, 1.165) is 39.0 Å². The first-order chi connectivity index (χ1) is 8.33. The Morgan fingerprint density at radius 1 is 1.47 bits per heavy atom. The van der Waals surface area contributed by atoms with Gasteiger partial charge in [0.15, 0.2) is 0 Å². The van der Waals surface area contributed by atoms with Crippen LogP contribution in [0.3, 0.4) is 0 Å². The van der Waals surface area contributed by atoms with Crippen LogP contribution in [-0.2, 0) is 11.3 Å². The molecule has 98 valence electrons. The van der Waals surface area contributed by atoms with Crippen molar-refractivity contribution in [3.63, 3.8) is 0 Å². The van der Waals surface area contributed by atoms with Crippen LogP contribution in [0.1, 0.15) is 44.8 Å². The summed E-state index contributed by atoms with van der Waals surface area (Å²) in [4.78, 5) is 0. The molecule has 1 heterocycles. The third-order valence-electron chi connectivity index (χ3n) is 2.83. The van der Waals surface area contributed by atoms with Gasteiger partial charge in [0.1, 0.15) is 0 Å². The molecule has 0 amide bonds. The van der Waals surface area contributed by atoms with Gasteiger partial charge in [-0.05, 0) is 31.9 Å². The van der Waals surface area contributed by atoms with Crippen molar-refractivity contribution in [3.05, 3.63) is 18.0 Å². The summed E-state index contributed by atoms with van der Waals surface area (Å²) in [6.45, 7) is 7.12. The molecule has 4 heteroatoms. The maximum Gasteiger partial charge on any atom is 0.0553 e. The minimum Gasteiger partial charge on any atom is -0.385 e. The summed E-state index contributed by atoms with van der Waals surface area (Å²) in [5, 5.41) is 7.91. The van der Waals surface area contributed by atoms with Gasteiger partial charge in [-0.25, -0.2) is 0 Å². The van der Waals surface area contributed by atoms with Gasteiger partial charge >= 0.3 is 0 Å². The number of rotatable bonds is 9. The van der Waals surface area contributed by atoms with Gasteiger partial charge < -0.3 is 10.1 Å². The number of hydrogen-bond donors (Lipinski definition) is 1. The average Bonchev–Trinajstić information content (AvgIpc) is 2.77. The Balaban J connectivity index is 2.63. The van der Waals surface area contributed by atoms with E-state index in [1.54, 1.807) is 7.11 Å². The molecule has 1 rings (SSSR count). The Morgan fingerprint density at radius 2 is 2.29 bits per heavy atom. The molecule has 4 nitrogen and oxygen atoms in total. The van der Waals surface area contributed by atoms with Crippen molar-refractivity contribution in [2.24, 2.45) is 0 Å². The van der Waals surface area contributed by atoms with E-state index in [1.807, 2.05) is 6.20 Å². The number of aryl methyl sites for hydroxylation is 1. The first-order valence-electron chi connectivity index (χ1n) is 6.57. The van der Waals surface area contributed by atoms with Crippen LogP contribution in [0.4, 0.5) is 0 Å². The largest absolute Gasteiger partial charge is 0.385 e. The normalized spacial score (nSPS) is 12.9. The maximum atomic E-state index is 5.12. The van der Waals surface area contributed by atoms with Crippen molar-refractivity contribution in [3.8, 4) is 0 Å². The Morgan fingerprint density at radius 3 is 2.94 bits per heavy atom. The highest BCUT2D eigenvalue weighted by atomic mass is 16.5. The fraction of sp³-hybridized carbons (Fsp3) is 0.769. The van der Waals surface area contributed by atoms with E-state index in [4.69, 9.17) is 4.74 Å². The Labute approximate surface area is 104 Å². The molecule has 1 atom stereocenters. The van der Waals surface area contributed by atoms with Gasteiger partial charge in [-0.15, -0.1) is 0 Å². The van der Waals surface area contributed by atoms with Crippen molar-refractivity contribution in [1.29, 1.82) is 0 Å². The Kier molecular flexibility index (Phi) is 6.89. The van der Waals surface area contributed by atoms with E-state index in [9.17, 15) is 0 Å². The number of methoxy groups -OCH3 is 1. The quantitative estimate of drug-likeness (QED) is 0.672. The van der Waals surface area contributed by atoms with Gasteiger partial charge in [-0.2, -0.15) is 5.10 Å². The van der Waals surface area contributed by atoms with Crippen LogP contribution in [0.25, 0.3) is 0 Å². The number of ether oxygens (including phenoxy) is 1. The highest BCUT2D eigenvalue weighted by Gasteiger charge is 2.14.